The molecule has 110 valence electrons. The van der Waals surface area contributed by atoms with Crippen LogP contribution < -0.4 is 10.1 Å². The first-order chi connectivity index (χ1) is 10.0. The molecule has 1 aromatic heterocycles. The third-order valence-corrected chi connectivity index (χ3v) is 3.27. The van der Waals surface area contributed by atoms with E-state index < -0.39 is 5.97 Å². The molecule has 0 aliphatic heterocycles. The van der Waals surface area contributed by atoms with Crippen LogP contribution in [0.1, 0.15) is 15.9 Å². The Hall–Kier alpha value is -1.98. The van der Waals surface area contributed by atoms with Gasteiger partial charge in [0.1, 0.15) is 22.3 Å². The highest BCUT2D eigenvalue weighted by Crippen LogP contribution is 2.25. The molecule has 0 radical (unpaired) electrons. The minimum atomic E-state index is -1.07. The van der Waals surface area contributed by atoms with Crippen LogP contribution in [-0.4, -0.2) is 23.2 Å². The number of ether oxygens (including phenoxy) is 1. The van der Waals surface area contributed by atoms with Crippen LogP contribution in [0.4, 0.5) is 5.82 Å². The third kappa shape index (κ3) is 3.77. The van der Waals surface area contributed by atoms with Crippen LogP contribution in [0.3, 0.4) is 0 Å². The molecule has 0 saturated heterocycles. The summed E-state index contributed by atoms with van der Waals surface area (Å²) in [7, 11) is 1.54. The number of methoxy groups -OCH3 is 1. The number of nitrogens with one attached hydrogen (secondary N) is 1. The number of nitrogens with zero attached hydrogens (tertiary/aromatic N) is 1. The maximum atomic E-state index is 11.1. The summed E-state index contributed by atoms with van der Waals surface area (Å²) >= 11 is 11.8. The molecule has 0 spiro atoms. The maximum absolute atomic E-state index is 11.1. The number of halogens is 2. The first-order valence-corrected chi connectivity index (χ1v) is 6.73. The summed E-state index contributed by atoms with van der Waals surface area (Å²) in [6.45, 7) is 0.358. The molecule has 5 nitrogen and oxygen atoms in total. The summed E-state index contributed by atoms with van der Waals surface area (Å²) in [5, 5.41) is 12.7. The van der Waals surface area contributed by atoms with Gasteiger partial charge in [-0.15, -0.1) is 0 Å². The van der Waals surface area contributed by atoms with Crippen molar-refractivity contribution >= 4 is 35.0 Å². The van der Waals surface area contributed by atoms with E-state index in [0.717, 1.165) is 5.56 Å². The molecule has 0 unspecified atom stereocenters. The van der Waals surface area contributed by atoms with Crippen molar-refractivity contribution in [3.05, 3.63) is 51.6 Å². The molecular weight excluding hydrogens is 315 g/mol. The fourth-order valence-corrected chi connectivity index (χ4v) is 2.18. The lowest BCUT2D eigenvalue weighted by atomic mass is 10.2. The molecule has 2 rings (SSSR count). The van der Waals surface area contributed by atoms with Crippen molar-refractivity contribution in [1.29, 1.82) is 0 Å². The number of pyridine rings is 1. The van der Waals surface area contributed by atoms with Gasteiger partial charge >= 0.3 is 5.97 Å². The molecule has 0 fully saturated rings. The predicted molar refractivity (Wildman–Crippen MR) is 81.5 cm³/mol. The first kappa shape index (κ1) is 15.4. The Morgan fingerprint density at radius 3 is 2.71 bits per heavy atom. The predicted octanol–water partition coefficient (Wildman–Crippen LogP) is 3.71. The van der Waals surface area contributed by atoms with E-state index in [1.165, 1.54) is 19.2 Å². The molecule has 1 heterocycles. The summed E-state index contributed by atoms with van der Waals surface area (Å²) in [6.07, 6.45) is 0. The highest BCUT2D eigenvalue weighted by atomic mass is 35.5. The Bertz CT molecular complexity index is 677. The number of hydrogen-bond acceptors (Lipinski definition) is 4. The minimum absolute atomic E-state index is 0.0546. The standard InChI is InChI=1S/C14H12Cl2N2O3/c1-21-11-4-2-8(6-10(11)15)7-17-13-9(14(19)20)3-5-12(16)18-13/h2-6H,7H2,1H3,(H,17,18)(H,19,20). The fraction of sp³-hybridized carbons (Fsp3) is 0.143. The number of carbonyl (C=O) groups is 1. The Morgan fingerprint density at radius 2 is 2.10 bits per heavy atom. The van der Waals surface area contributed by atoms with Gasteiger partial charge in [-0.25, -0.2) is 9.78 Å². The van der Waals surface area contributed by atoms with Crippen molar-refractivity contribution in [1.82, 2.24) is 4.98 Å². The van der Waals surface area contributed by atoms with Crippen LogP contribution in [0.2, 0.25) is 10.2 Å². The summed E-state index contributed by atoms with van der Waals surface area (Å²) in [6, 6.07) is 8.13. The number of hydrogen-bond donors (Lipinski definition) is 2. The summed E-state index contributed by atoms with van der Waals surface area (Å²) < 4.78 is 5.07. The molecule has 0 aliphatic rings. The first-order valence-electron chi connectivity index (χ1n) is 5.97. The summed E-state index contributed by atoms with van der Waals surface area (Å²) in [4.78, 5) is 15.1. The quantitative estimate of drug-likeness (QED) is 0.819. The molecule has 2 aromatic rings. The molecule has 0 aliphatic carbocycles. The third-order valence-electron chi connectivity index (χ3n) is 2.77. The Kier molecular flexibility index (Phi) is 4.88. The van der Waals surface area contributed by atoms with Crippen LogP contribution in [0, 0.1) is 0 Å². The van der Waals surface area contributed by atoms with E-state index in [4.69, 9.17) is 33.0 Å². The molecule has 2 N–H and O–H groups in total. The zero-order chi connectivity index (χ0) is 15.4. The molecule has 0 amide bonds. The van der Waals surface area contributed by atoms with Crippen molar-refractivity contribution < 1.29 is 14.6 Å². The molecule has 21 heavy (non-hydrogen) atoms. The van der Waals surface area contributed by atoms with Crippen LogP contribution in [-0.2, 0) is 6.54 Å². The monoisotopic (exact) mass is 326 g/mol. The van der Waals surface area contributed by atoms with Gasteiger partial charge in [0.25, 0.3) is 0 Å². The van der Waals surface area contributed by atoms with Gasteiger partial charge in [0.15, 0.2) is 0 Å². The lowest BCUT2D eigenvalue weighted by Crippen LogP contribution is -2.08. The van der Waals surface area contributed by atoms with Crippen molar-refractivity contribution in [2.45, 2.75) is 6.54 Å². The average Bonchev–Trinajstić information content (AvgIpc) is 2.45. The highest BCUT2D eigenvalue weighted by molar-refractivity contribution is 6.32. The number of rotatable bonds is 5. The Balaban J connectivity index is 2.18. The summed E-state index contributed by atoms with van der Waals surface area (Å²) in [5.41, 5.74) is 0.915. The lowest BCUT2D eigenvalue weighted by molar-refractivity contribution is 0.0697. The van der Waals surface area contributed by atoms with Crippen molar-refractivity contribution in [2.24, 2.45) is 0 Å². The second-order valence-corrected chi connectivity index (χ2v) is 4.95. The van der Waals surface area contributed by atoms with E-state index in [9.17, 15) is 4.79 Å². The zero-order valence-corrected chi connectivity index (χ0v) is 12.6. The second-order valence-electron chi connectivity index (χ2n) is 4.16. The van der Waals surface area contributed by atoms with Crippen LogP contribution in [0.15, 0.2) is 30.3 Å². The van der Waals surface area contributed by atoms with Crippen molar-refractivity contribution in [3.63, 3.8) is 0 Å². The fourth-order valence-electron chi connectivity index (χ4n) is 1.75. The Labute approximate surface area is 131 Å². The highest BCUT2D eigenvalue weighted by Gasteiger charge is 2.12. The Morgan fingerprint density at radius 1 is 1.33 bits per heavy atom. The molecule has 1 aromatic carbocycles. The molecule has 0 bridgehead atoms. The van der Waals surface area contributed by atoms with E-state index in [1.807, 2.05) is 6.07 Å². The van der Waals surface area contributed by atoms with Gasteiger partial charge in [-0.3, -0.25) is 0 Å². The van der Waals surface area contributed by atoms with Gasteiger partial charge < -0.3 is 15.2 Å². The molecule has 0 atom stereocenters. The molecule has 0 saturated carbocycles. The second kappa shape index (κ2) is 6.65. The van der Waals surface area contributed by atoms with Gasteiger partial charge in [0.2, 0.25) is 0 Å². The number of anilines is 1. The minimum Gasteiger partial charge on any atom is -0.495 e. The normalized spacial score (nSPS) is 10.2. The van der Waals surface area contributed by atoms with Gasteiger partial charge in [-0.1, -0.05) is 29.3 Å². The van der Waals surface area contributed by atoms with E-state index in [-0.39, 0.29) is 16.5 Å². The van der Waals surface area contributed by atoms with Gasteiger partial charge in [-0.2, -0.15) is 0 Å². The van der Waals surface area contributed by atoms with Gasteiger partial charge in [0.05, 0.1) is 12.1 Å². The number of aromatic nitrogens is 1. The number of benzene rings is 1. The number of aromatic carboxylic acids is 1. The van der Waals surface area contributed by atoms with Crippen molar-refractivity contribution in [3.8, 4) is 5.75 Å². The number of carboxylic acid groups (broad SMARTS) is 1. The van der Waals surface area contributed by atoms with Gasteiger partial charge in [-0.05, 0) is 29.8 Å². The van der Waals surface area contributed by atoms with Crippen LogP contribution >= 0.6 is 23.2 Å². The lowest BCUT2D eigenvalue weighted by Gasteiger charge is -2.10. The SMILES string of the molecule is COc1ccc(CNc2nc(Cl)ccc2C(=O)O)cc1Cl. The van der Waals surface area contributed by atoms with Gasteiger partial charge in [0, 0.05) is 6.54 Å². The largest absolute Gasteiger partial charge is 0.495 e. The molecular formula is C14H12Cl2N2O3. The topological polar surface area (TPSA) is 71.5 Å². The average molecular weight is 327 g/mol. The molecule has 7 heteroatoms. The van der Waals surface area contributed by atoms with E-state index in [1.54, 1.807) is 12.1 Å². The maximum Gasteiger partial charge on any atom is 0.339 e. The number of carboxylic acids is 1. The van der Waals surface area contributed by atoms with E-state index in [2.05, 4.69) is 10.3 Å². The van der Waals surface area contributed by atoms with E-state index in [0.29, 0.717) is 17.3 Å². The van der Waals surface area contributed by atoms with Crippen LogP contribution in [0.5, 0.6) is 5.75 Å². The summed E-state index contributed by atoms with van der Waals surface area (Å²) in [5.74, 6) is -0.288. The smallest absolute Gasteiger partial charge is 0.339 e. The zero-order valence-electron chi connectivity index (χ0n) is 11.1. The van der Waals surface area contributed by atoms with E-state index >= 15 is 0 Å². The van der Waals surface area contributed by atoms with Crippen LogP contribution in [0.25, 0.3) is 0 Å². The van der Waals surface area contributed by atoms with Crippen molar-refractivity contribution in [2.75, 3.05) is 12.4 Å².